The molecule has 1 aromatic rings. The Kier molecular flexibility index (Phi) is 4.00. The first kappa shape index (κ1) is 11.1. The van der Waals surface area contributed by atoms with Crippen LogP contribution in [0.5, 0.6) is 0 Å². The summed E-state index contributed by atoms with van der Waals surface area (Å²) in [6.07, 6.45) is 1.83. The van der Waals surface area contributed by atoms with Gasteiger partial charge in [-0.25, -0.2) is 0 Å². The van der Waals surface area contributed by atoms with Crippen molar-refractivity contribution in [1.82, 2.24) is 10.4 Å². The van der Waals surface area contributed by atoms with E-state index in [2.05, 4.69) is 10.4 Å². The molecule has 0 saturated carbocycles. The number of hydrogen-bond acceptors (Lipinski definition) is 4. The molecule has 14 heavy (non-hydrogen) atoms. The minimum absolute atomic E-state index is 0.0181. The van der Waals surface area contributed by atoms with Crippen LogP contribution in [0.1, 0.15) is 24.2 Å². The summed E-state index contributed by atoms with van der Waals surface area (Å²) >= 11 is 0. The fraction of sp³-hybridized carbons (Fsp3) is 0.500. The van der Waals surface area contributed by atoms with Crippen LogP contribution in [0.15, 0.2) is 18.3 Å². The topological polar surface area (TPSA) is 60.2 Å². The summed E-state index contributed by atoms with van der Waals surface area (Å²) in [5.41, 5.74) is 4.75. The lowest BCUT2D eigenvalue weighted by Crippen LogP contribution is -2.36. The van der Waals surface area contributed by atoms with Gasteiger partial charge in [0.25, 0.3) is 0 Å². The number of aromatic nitrogens is 1. The van der Waals surface area contributed by atoms with Crippen molar-refractivity contribution in [2.24, 2.45) is 5.84 Å². The lowest BCUT2D eigenvalue weighted by atomic mass is 10.1. The van der Waals surface area contributed by atoms with E-state index < -0.39 is 0 Å². The summed E-state index contributed by atoms with van der Waals surface area (Å²) < 4.78 is 5.22. The molecule has 0 radical (unpaired) electrons. The van der Waals surface area contributed by atoms with Crippen LogP contribution in [-0.2, 0) is 4.74 Å². The zero-order valence-electron chi connectivity index (χ0n) is 8.82. The van der Waals surface area contributed by atoms with Crippen molar-refractivity contribution in [3.8, 4) is 0 Å². The molecule has 1 aromatic heterocycles. The number of hydrazine groups is 1. The number of nitrogens with one attached hydrogen (secondary N) is 1. The predicted molar refractivity (Wildman–Crippen MR) is 55.5 cm³/mol. The molecule has 4 nitrogen and oxygen atoms in total. The van der Waals surface area contributed by atoms with Crippen LogP contribution in [0.3, 0.4) is 0 Å². The molecule has 0 aliphatic heterocycles. The van der Waals surface area contributed by atoms with Gasteiger partial charge in [-0.15, -0.1) is 0 Å². The molecular weight excluding hydrogens is 178 g/mol. The highest BCUT2D eigenvalue weighted by molar-refractivity contribution is 5.18. The van der Waals surface area contributed by atoms with E-state index in [0.29, 0.717) is 0 Å². The number of pyridine rings is 1. The van der Waals surface area contributed by atoms with E-state index in [1.165, 1.54) is 0 Å². The van der Waals surface area contributed by atoms with E-state index >= 15 is 0 Å². The number of rotatable bonds is 4. The lowest BCUT2D eigenvalue weighted by molar-refractivity contribution is 0.0829. The maximum Gasteiger partial charge on any atom is 0.0751 e. The monoisotopic (exact) mass is 195 g/mol. The molecule has 0 aliphatic rings. The first-order chi connectivity index (χ1) is 6.69. The van der Waals surface area contributed by atoms with Gasteiger partial charge < -0.3 is 4.74 Å². The second-order valence-electron chi connectivity index (χ2n) is 3.32. The molecule has 0 aliphatic carbocycles. The summed E-state index contributed by atoms with van der Waals surface area (Å²) in [6.45, 7) is 3.92. The molecular formula is C10H17N3O. The fourth-order valence-corrected chi connectivity index (χ4v) is 1.30. The average molecular weight is 195 g/mol. The van der Waals surface area contributed by atoms with Gasteiger partial charge in [-0.1, -0.05) is 6.07 Å². The van der Waals surface area contributed by atoms with Gasteiger partial charge in [0.15, 0.2) is 0 Å². The van der Waals surface area contributed by atoms with E-state index in [4.69, 9.17) is 10.6 Å². The van der Waals surface area contributed by atoms with Crippen LogP contribution in [0.25, 0.3) is 0 Å². The number of ether oxygens (including phenoxy) is 1. The quantitative estimate of drug-likeness (QED) is 0.554. The fourth-order valence-electron chi connectivity index (χ4n) is 1.30. The first-order valence-electron chi connectivity index (χ1n) is 4.60. The molecule has 2 unspecified atom stereocenters. The van der Waals surface area contributed by atoms with E-state index in [1.807, 2.05) is 32.2 Å². The minimum Gasteiger partial charge on any atom is -0.380 e. The van der Waals surface area contributed by atoms with E-state index in [1.54, 1.807) is 7.11 Å². The molecule has 1 rings (SSSR count). The van der Waals surface area contributed by atoms with Gasteiger partial charge in [-0.2, -0.15) is 0 Å². The Morgan fingerprint density at radius 2 is 2.21 bits per heavy atom. The third-order valence-electron chi connectivity index (χ3n) is 2.31. The minimum atomic E-state index is -0.0203. The Balaban J connectivity index is 2.84. The summed E-state index contributed by atoms with van der Waals surface area (Å²) in [5.74, 6) is 5.46. The summed E-state index contributed by atoms with van der Waals surface area (Å²) in [5, 5.41) is 0. The largest absolute Gasteiger partial charge is 0.380 e. The van der Waals surface area contributed by atoms with E-state index in [-0.39, 0.29) is 12.1 Å². The molecule has 78 valence electrons. The number of aryl methyl sites for hydroxylation is 1. The summed E-state index contributed by atoms with van der Waals surface area (Å²) in [4.78, 5) is 4.21. The molecule has 1 heterocycles. The van der Waals surface area contributed by atoms with Crippen molar-refractivity contribution in [3.63, 3.8) is 0 Å². The maximum atomic E-state index is 5.46. The number of methoxy groups -OCH3 is 1. The molecule has 0 amide bonds. The average Bonchev–Trinajstić information content (AvgIpc) is 2.21. The highest BCUT2D eigenvalue weighted by Gasteiger charge is 2.17. The van der Waals surface area contributed by atoms with Gasteiger partial charge in [0.1, 0.15) is 0 Å². The SMILES string of the molecule is COC(C)C(NN)c1ccc(C)nc1. The van der Waals surface area contributed by atoms with Crippen molar-refractivity contribution in [1.29, 1.82) is 0 Å². The highest BCUT2D eigenvalue weighted by Crippen LogP contribution is 2.16. The smallest absolute Gasteiger partial charge is 0.0751 e. The van der Waals surface area contributed by atoms with Crippen LogP contribution in [-0.4, -0.2) is 18.2 Å². The van der Waals surface area contributed by atoms with Gasteiger partial charge in [-0.3, -0.25) is 16.3 Å². The summed E-state index contributed by atoms with van der Waals surface area (Å²) in [7, 11) is 1.66. The molecule has 0 saturated heterocycles. The number of hydrogen-bond donors (Lipinski definition) is 2. The van der Waals surface area contributed by atoms with Gasteiger partial charge in [0, 0.05) is 19.0 Å². The van der Waals surface area contributed by atoms with E-state index in [9.17, 15) is 0 Å². The summed E-state index contributed by atoms with van der Waals surface area (Å²) in [6, 6.07) is 3.94. The Morgan fingerprint density at radius 1 is 1.50 bits per heavy atom. The van der Waals surface area contributed by atoms with Gasteiger partial charge in [0.2, 0.25) is 0 Å². The zero-order valence-corrected chi connectivity index (χ0v) is 8.82. The highest BCUT2D eigenvalue weighted by atomic mass is 16.5. The maximum absolute atomic E-state index is 5.46. The van der Waals surface area contributed by atoms with Crippen molar-refractivity contribution in [3.05, 3.63) is 29.6 Å². The van der Waals surface area contributed by atoms with Gasteiger partial charge >= 0.3 is 0 Å². The normalized spacial score (nSPS) is 15.1. The van der Waals surface area contributed by atoms with E-state index in [0.717, 1.165) is 11.3 Å². The number of nitrogens with two attached hydrogens (primary N) is 1. The molecule has 0 aromatic carbocycles. The number of nitrogens with zero attached hydrogens (tertiary/aromatic N) is 1. The zero-order chi connectivity index (χ0) is 10.6. The molecule has 4 heteroatoms. The van der Waals surface area contributed by atoms with Crippen LogP contribution < -0.4 is 11.3 Å². The molecule has 0 spiro atoms. The first-order valence-corrected chi connectivity index (χ1v) is 4.60. The Morgan fingerprint density at radius 3 is 2.64 bits per heavy atom. The Labute approximate surface area is 84.4 Å². The second kappa shape index (κ2) is 5.05. The van der Waals surface area contributed by atoms with Crippen molar-refractivity contribution in [2.45, 2.75) is 26.0 Å². The molecule has 3 N–H and O–H groups in total. The third kappa shape index (κ3) is 2.51. The van der Waals surface area contributed by atoms with Crippen LogP contribution >= 0.6 is 0 Å². The predicted octanol–water partition coefficient (Wildman–Crippen LogP) is 0.929. The van der Waals surface area contributed by atoms with Crippen molar-refractivity contribution >= 4 is 0 Å². The molecule has 0 bridgehead atoms. The van der Waals surface area contributed by atoms with Crippen LogP contribution in [0, 0.1) is 6.92 Å². The Bertz CT molecular complexity index is 273. The Hall–Kier alpha value is -0.970. The third-order valence-corrected chi connectivity index (χ3v) is 2.31. The van der Waals surface area contributed by atoms with Crippen molar-refractivity contribution in [2.75, 3.05) is 7.11 Å². The molecule has 0 fully saturated rings. The second-order valence-corrected chi connectivity index (χ2v) is 3.32. The lowest BCUT2D eigenvalue weighted by Gasteiger charge is -2.21. The van der Waals surface area contributed by atoms with Crippen LogP contribution in [0.2, 0.25) is 0 Å². The molecule has 2 atom stereocenters. The standard InChI is InChI=1S/C10H17N3O/c1-7-4-5-9(6-12-7)10(13-11)8(2)14-3/h4-6,8,10,13H,11H2,1-3H3. The van der Waals surface area contributed by atoms with Gasteiger partial charge in [-0.05, 0) is 25.5 Å². The van der Waals surface area contributed by atoms with Crippen LogP contribution in [0.4, 0.5) is 0 Å². The van der Waals surface area contributed by atoms with Gasteiger partial charge in [0.05, 0.1) is 12.1 Å². The van der Waals surface area contributed by atoms with Crippen molar-refractivity contribution < 1.29 is 4.74 Å².